The molecule has 0 N–H and O–H groups in total. The molecule has 1 aromatic rings. The first-order valence-electron chi connectivity index (χ1n) is 2.32. The second-order valence-corrected chi connectivity index (χ2v) is 2.98. The van der Waals surface area contributed by atoms with Crippen LogP contribution < -0.4 is 0 Å². The van der Waals surface area contributed by atoms with Crippen LogP contribution in [-0.4, -0.2) is 10.8 Å². The fraction of sp³-hybridized carbons (Fsp3) is 0.200. The average molecular weight is 162 g/mol. The van der Waals surface area contributed by atoms with Crippen molar-refractivity contribution in [2.24, 2.45) is 0 Å². The Morgan fingerprint density at radius 2 is 2.56 bits per heavy atom. The second kappa shape index (κ2) is 2.45. The molecular weight excluding hydrogens is 158 g/mol. The molecule has 0 radical (unpaired) electrons. The van der Waals surface area contributed by atoms with Crippen LogP contribution in [-0.2, 0) is 0 Å². The fourth-order valence-electron chi connectivity index (χ4n) is 0.414. The molecule has 0 spiro atoms. The monoisotopic (exact) mass is 161 g/mol. The first kappa shape index (κ1) is 6.71. The van der Waals surface area contributed by atoms with Crippen LogP contribution in [0.15, 0.2) is 5.38 Å². The third-order valence-electron chi connectivity index (χ3n) is 0.837. The average Bonchev–Trinajstić information content (AvgIpc) is 2.14. The zero-order valence-electron chi connectivity index (χ0n) is 4.72. The molecule has 0 aliphatic rings. The molecule has 9 heavy (non-hydrogen) atoms. The summed E-state index contributed by atoms with van der Waals surface area (Å²) < 4.78 is 0.417. The minimum Gasteiger partial charge on any atom is -0.293 e. The third-order valence-corrected chi connectivity index (χ3v) is 1.82. The Morgan fingerprint density at radius 1 is 1.89 bits per heavy atom. The van der Waals surface area contributed by atoms with Gasteiger partial charge in [0.25, 0.3) is 0 Å². The van der Waals surface area contributed by atoms with Crippen molar-refractivity contribution in [2.45, 2.75) is 6.92 Å². The molecule has 0 fully saturated rings. The number of nitrogens with zero attached hydrogens (tertiary/aromatic N) is 1. The van der Waals surface area contributed by atoms with Gasteiger partial charge >= 0.3 is 0 Å². The number of carbonyl (C=O) groups is 1. The van der Waals surface area contributed by atoms with Crippen LogP contribution in [0, 0.1) is 0 Å². The van der Waals surface area contributed by atoms with Gasteiger partial charge in [-0.05, 0) is 0 Å². The van der Waals surface area contributed by atoms with Gasteiger partial charge in [0, 0.05) is 12.3 Å². The molecule has 0 unspecified atom stereocenters. The molecule has 0 amide bonds. The van der Waals surface area contributed by atoms with Crippen molar-refractivity contribution in [3.8, 4) is 0 Å². The summed E-state index contributed by atoms with van der Waals surface area (Å²) in [6.07, 6.45) is 0. The van der Waals surface area contributed by atoms with E-state index in [0.29, 0.717) is 10.2 Å². The zero-order chi connectivity index (χ0) is 6.85. The summed E-state index contributed by atoms with van der Waals surface area (Å²) in [5.41, 5.74) is 0.449. The van der Waals surface area contributed by atoms with Crippen LogP contribution in [0.2, 0.25) is 4.47 Å². The smallest absolute Gasteiger partial charge is 0.184 e. The predicted molar refractivity (Wildman–Crippen MR) is 37.1 cm³/mol. The zero-order valence-corrected chi connectivity index (χ0v) is 6.29. The summed E-state index contributed by atoms with van der Waals surface area (Å²) in [4.78, 5) is 14.3. The highest BCUT2D eigenvalue weighted by molar-refractivity contribution is 7.14. The van der Waals surface area contributed by atoms with Crippen molar-refractivity contribution in [1.29, 1.82) is 0 Å². The van der Waals surface area contributed by atoms with Crippen LogP contribution in [0.4, 0.5) is 0 Å². The van der Waals surface area contributed by atoms with Crippen molar-refractivity contribution in [3.63, 3.8) is 0 Å². The van der Waals surface area contributed by atoms with Crippen LogP contribution in [0.1, 0.15) is 17.4 Å². The van der Waals surface area contributed by atoms with Gasteiger partial charge in [-0.2, -0.15) is 0 Å². The number of hydrogen-bond donors (Lipinski definition) is 0. The van der Waals surface area contributed by atoms with E-state index in [4.69, 9.17) is 11.6 Å². The Hall–Kier alpha value is -0.410. The van der Waals surface area contributed by atoms with Gasteiger partial charge in [-0.15, -0.1) is 11.3 Å². The van der Waals surface area contributed by atoms with Crippen LogP contribution in [0.5, 0.6) is 0 Å². The van der Waals surface area contributed by atoms with E-state index in [-0.39, 0.29) is 5.78 Å². The SMILES string of the molecule is CC(=O)c1csc(Cl)n1. The molecule has 48 valence electrons. The van der Waals surface area contributed by atoms with Crippen molar-refractivity contribution >= 4 is 28.7 Å². The van der Waals surface area contributed by atoms with Crippen molar-refractivity contribution < 1.29 is 4.79 Å². The lowest BCUT2D eigenvalue weighted by atomic mass is 10.4. The number of aromatic nitrogens is 1. The molecule has 1 rings (SSSR count). The van der Waals surface area contributed by atoms with Crippen molar-refractivity contribution in [2.75, 3.05) is 0 Å². The lowest BCUT2D eigenvalue weighted by Crippen LogP contribution is -1.89. The molecule has 0 atom stereocenters. The van der Waals surface area contributed by atoms with E-state index in [1.807, 2.05) is 0 Å². The fourth-order valence-corrected chi connectivity index (χ4v) is 1.22. The Kier molecular flexibility index (Phi) is 1.83. The Bertz CT molecular complexity index is 233. The van der Waals surface area contributed by atoms with Gasteiger partial charge in [-0.3, -0.25) is 4.79 Å². The number of rotatable bonds is 1. The summed E-state index contributed by atoms with van der Waals surface area (Å²) in [5, 5.41) is 1.64. The number of thiazole rings is 1. The van der Waals surface area contributed by atoms with Gasteiger partial charge in [0.05, 0.1) is 0 Å². The van der Waals surface area contributed by atoms with E-state index in [9.17, 15) is 4.79 Å². The van der Waals surface area contributed by atoms with E-state index in [1.165, 1.54) is 18.3 Å². The molecule has 1 heterocycles. The predicted octanol–water partition coefficient (Wildman–Crippen LogP) is 2.00. The number of halogens is 1. The Balaban J connectivity index is 2.98. The van der Waals surface area contributed by atoms with E-state index in [2.05, 4.69) is 4.98 Å². The minimum atomic E-state index is -0.0434. The van der Waals surface area contributed by atoms with Gasteiger partial charge in [-0.25, -0.2) is 4.98 Å². The van der Waals surface area contributed by atoms with Crippen LogP contribution in [0.3, 0.4) is 0 Å². The lowest BCUT2D eigenvalue weighted by molar-refractivity contribution is 0.101. The Morgan fingerprint density at radius 3 is 2.78 bits per heavy atom. The van der Waals surface area contributed by atoms with Gasteiger partial charge in [0.15, 0.2) is 10.3 Å². The molecule has 0 saturated carbocycles. The maximum Gasteiger partial charge on any atom is 0.184 e. The molecule has 0 aliphatic carbocycles. The number of ketones is 1. The highest BCUT2D eigenvalue weighted by Crippen LogP contribution is 2.14. The summed E-state index contributed by atoms with van der Waals surface area (Å²) in [6, 6.07) is 0. The summed E-state index contributed by atoms with van der Waals surface area (Å²) in [6.45, 7) is 1.46. The molecule has 0 aromatic carbocycles. The van der Waals surface area contributed by atoms with E-state index < -0.39 is 0 Å². The van der Waals surface area contributed by atoms with E-state index in [1.54, 1.807) is 5.38 Å². The van der Waals surface area contributed by atoms with E-state index >= 15 is 0 Å². The topological polar surface area (TPSA) is 30.0 Å². The molecule has 0 bridgehead atoms. The van der Waals surface area contributed by atoms with Crippen molar-refractivity contribution in [3.05, 3.63) is 15.5 Å². The standard InChI is InChI=1S/C5H4ClNOS/c1-3(8)4-2-9-5(6)7-4/h2H,1H3. The number of Topliss-reactive ketones (excluding diaryl/α,β-unsaturated/α-hetero) is 1. The van der Waals surface area contributed by atoms with Gasteiger partial charge < -0.3 is 0 Å². The second-order valence-electron chi connectivity index (χ2n) is 1.54. The van der Waals surface area contributed by atoms with Gasteiger partial charge in [0.1, 0.15) is 5.69 Å². The number of carbonyl (C=O) groups excluding carboxylic acids is 1. The molecule has 1 aromatic heterocycles. The molecule has 0 saturated heterocycles. The normalized spacial score (nSPS) is 9.56. The quantitative estimate of drug-likeness (QED) is 0.590. The molecule has 2 nitrogen and oxygen atoms in total. The van der Waals surface area contributed by atoms with Crippen LogP contribution in [0.25, 0.3) is 0 Å². The molecule has 0 aliphatic heterocycles. The summed E-state index contributed by atoms with van der Waals surface area (Å²) in [5.74, 6) is -0.0434. The maximum atomic E-state index is 10.5. The largest absolute Gasteiger partial charge is 0.293 e. The first-order valence-corrected chi connectivity index (χ1v) is 3.58. The van der Waals surface area contributed by atoms with Crippen LogP contribution >= 0.6 is 22.9 Å². The van der Waals surface area contributed by atoms with Crippen molar-refractivity contribution in [1.82, 2.24) is 4.98 Å². The summed E-state index contributed by atoms with van der Waals surface area (Å²) in [7, 11) is 0. The first-order chi connectivity index (χ1) is 4.20. The maximum absolute atomic E-state index is 10.5. The highest BCUT2D eigenvalue weighted by atomic mass is 35.5. The minimum absolute atomic E-state index is 0.0434. The third kappa shape index (κ3) is 1.50. The van der Waals surface area contributed by atoms with Gasteiger partial charge in [0.2, 0.25) is 0 Å². The molecular formula is C5H4ClNOS. The number of hydrogen-bond acceptors (Lipinski definition) is 3. The van der Waals surface area contributed by atoms with E-state index in [0.717, 1.165) is 0 Å². The Labute approximate surface area is 61.5 Å². The highest BCUT2D eigenvalue weighted by Gasteiger charge is 2.02. The lowest BCUT2D eigenvalue weighted by Gasteiger charge is -1.79. The van der Waals surface area contributed by atoms with Gasteiger partial charge in [-0.1, -0.05) is 11.6 Å². The summed E-state index contributed by atoms with van der Waals surface area (Å²) >= 11 is 6.73. The molecule has 4 heteroatoms.